The van der Waals surface area contributed by atoms with Crippen LogP contribution in [0.15, 0.2) is 12.1 Å². The van der Waals surface area contributed by atoms with Crippen LogP contribution in [0.3, 0.4) is 0 Å². The van der Waals surface area contributed by atoms with Gasteiger partial charge in [0.1, 0.15) is 5.82 Å². The maximum absolute atomic E-state index is 12.3. The molecule has 20 heavy (non-hydrogen) atoms. The predicted molar refractivity (Wildman–Crippen MR) is 65.1 cm³/mol. The molecule has 1 aliphatic heterocycles. The molecule has 0 amide bonds. The smallest absolute Gasteiger partial charge is 0.396 e. The van der Waals surface area contributed by atoms with Gasteiger partial charge in [-0.15, -0.1) is 10.2 Å². The summed E-state index contributed by atoms with van der Waals surface area (Å²) in [6.45, 7) is 1.67. The van der Waals surface area contributed by atoms with Crippen molar-refractivity contribution in [3.63, 3.8) is 0 Å². The van der Waals surface area contributed by atoms with Gasteiger partial charge in [0, 0.05) is 25.2 Å². The van der Waals surface area contributed by atoms with Crippen molar-refractivity contribution in [3.8, 4) is 0 Å². The van der Waals surface area contributed by atoms with Crippen LogP contribution < -0.4 is 5.32 Å². The average molecular weight is 291 g/mol. The first-order chi connectivity index (χ1) is 9.45. The SMILES string of the molecule is OCCC1(CNc2ccc(C(F)(F)F)nn2)CCOC1. The number of ether oxygens (including phenoxy) is 1. The van der Waals surface area contributed by atoms with Crippen LogP contribution >= 0.6 is 0 Å². The van der Waals surface area contributed by atoms with Crippen LogP contribution in [-0.4, -0.2) is 41.7 Å². The van der Waals surface area contributed by atoms with E-state index in [1.165, 1.54) is 6.07 Å². The quantitative estimate of drug-likeness (QED) is 0.864. The van der Waals surface area contributed by atoms with Crippen molar-refractivity contribution < 1.29 is 23.0 Å². The minimum atomic E-state index is -4.48. The molecule has 2 heterocycles. The van der Waals surface area contributed by atoms with E-state index in [1.54, 1.807) is 0 Å². The Morgan fingerprint density at radius 1 is 1.35 bits per heavy atom. The summed E-state index contributed by atoms with van der Waals surface area (Å²) >= 11 is 0. The highest BCUT2D eigenvalue weighted by Gasteiger charge is 2.35. The molecule has 1 aromatic heterocycles. The lowest BCUT2D eigenvalue weighted by molar-refractivity contribution is -0.141. The molecule has 1 aromatic rings. The Kier molecular flexibility index (Phi) is 4.44. The summed E-state index contributed by atoms with van der Waals surface area (Å²) in [5, 5.41) is 18.7. The van der Waals surface area contributed by atoms with Gasteiger partial charge in [-0.2, -0.15) is 13.2 Å². The summed E-state index contributed by atoms with van der Waals surface area (Å²) in [7, 11) is 0. The number of nitrogens with zero attached hydrogens (tertiary/aromatic N) is 2. The largest absolute Gasteiger partial charge is 0.435 e. The second-order valence-electron chi connectivity index (χ2n) is 4.93. The summed E-state index contributed by atoms with van der Waals surface area (Å²) in [5.41, 5.74) is -1.21. The van der Waals surface area contributed by atoms with E-state index in [-0.39, 0.29) is 17.8 Å². The summed E-state index contributed by atoms with van der Waals surface area (Å²) in [6, 6.07) is 2.14. The lowest BCUT2D eigenvalue weighted by Crippen LogP contribution is -2.31. The first-order valence-corrected chi connectivity index (χ1v) is 6.29. The van der Waals surface area contributed by atoms with Gasteiger partial charge in [0.15, 0.2) is 5.69 Å². The van der Waals surface area contributed by atoms with E-state index in [0.29, 0.717) is 26.2 Å². The summed E-state index contributed by atoms with van der Waals surface area (Å²) in [5.74, 6) is 0.280. The second-order valence-corrected chi connectivity index (χ2v) is 4.93. The monoisotopic (exact) mass is 291 g/mol. The fourth-order valence-corrected chi connectivity index (χ4v) is 2.17. The van der Waals surface area contributed by atoms with Crippen molar-refractivity contribution in [2.75, 3.05) is 31.7 Å². The molecule has 1 aliphatic rings. The lowest BCUT2D eigenvalue weighted by atomic mass is 9.84. The molecule has 2 N–H and O–H groups in total. The maximum atomic E-state index is 12.3. The van der Waals surface area contributed by atoms with Gasteiger partial charge in [0.25, 0.3) is 0 Å². The predicted octanol–water partition coefficient (Wildman–Crippen LogP) is 1.70. The number of aliphatic hydroxyl groups is 1. The fourth-order valence-electron chi connectivity index (χ4n) is 2.17. The number of halogens is 3. The molecule has 0 radical (unpaired) electrons. The molecule has 2 rings (SSSR count). The van der Waals surface area contributed by atoms with Gasteiger partial charge in [0.05, 0.1) is 6.61 Å². The standard InChI is InChI=1S/C12H16F3N3O2/c13-12(14,15)9-1-2-10(18-17-9)16-7-11(3-5-19)4-6-20-8-11/h1-2,19H,3-8H2,(H,16,18). The minimum Gasteiger partial charge on any atom is -0.396 e. The Hall–Kier alpha value is -1.41. The van der Waals surface area contributed by atoms with E-state index < -0.39 is 11.9 Å². The first kappa shape index (κ1) is 15.0. The molecule has 0 aromatic carbocycles. The van der Waals surface area contributed by atoms with E-state index >= 15 is 0 Å². The van der Waals surface area contributed by atoms with Crippen LogP contribution in [0, 0.1) is 5.41 Å². The number of aromatic nitrogens is 2. The van der Waals surface area contributed by atoms with E-state index in [1.807, 2.05) is 0 Å². The van der Waals surface area contributed by atoms with E-state index in [9.17, 15) is 13.2 Å². The summed E-state index contributed by atoms with van der Waals surface area (Å²) in [4.78, 5) is 0. The van der Waals surface area contributed by atoms with Gasteiger partial charge in [0.2, 0.25) is 0 Å². The molecule has 0 spiro atoms. The molecule has 1 saturated heterocycles. The Balaban J connectivity index is 1.96. The van der Waals surface area contributed by atoms with Gasteiger partial charge in [-0.05, 0) is 25.0 Å². The van der Waals surface area contributed by atoms with Crippen molar-refractivity contribution in [1.82, 2.24) is 10.2 Å². The van der Waals surface area contributed by atoms with Gasteiger partial charge >= 0.3 is 6.18 Å². The third kappa shape index (κ3) is 3.57. The number of aliphatic hydroxyl groups excluding tert-OH is 1. The molecule has 8 heteroatoms. The van der Waals surface area contributed by atoms with Gasteiger partial charge in [-0.25, -0.2) is 0 Å². The highest BCUT2D eigenvalue weighted by atomic mass is 19.4. The Morgan fingerprint density at radius 3 is 2.65 bits per heavy atom. The molecule has 0 bridgehead atoms. The first-order valence-electron chi connectivity index (χ1n) is 6.29. The lowest BCUT2D eigenvalue weighted by Gasteiger charge is -2.26. The molecule has 0 saturated carbocycles. The zero-order valence-corrected chi connectivity index (χ0v) is 10.8. The number of alkyl halides is 3. The van der Waals surface area contributed by atoms with E-state index in [0.717, 1.165) is 12.5 Å². The van der Waals surface area contributed by atoms with Crippen molar-refractivity contribution in [3.05, 3.63) is 17.8 Å². The van der Waals surface area contributed by atoms with E-state index in [2.05, 4.69) is 15.5 Å². The third-order valence-corrected chi connectivity index (χ3v) is 3.43. The van der Waals surface area contributed by atoms with Crippen LogP contribution in [0.2, 0.25) is 0 Å². The zero-order valence-electron chi connectivity index (χ0n) is 10.8. The Labute approximate surface area is 114 Å². The van der Waals surface area contributed by atoms with Crippen molar-refractivity contribution in [2.24, 2.45) is 5.41 Å². The molecule has 1 unspecified atom stereocenters. The van der Waals surface area contributed by atoms with Crippen molar-refractivity contribution in [1.29, 1.82) is 0 Å². The second kappa shape index (κ2) is 5.92. The molecule has 0 aliphatic carbocycles. The third-order valence-electron chi connectivity index (χ3n) is 3.43. The highest BCUT2D eigenvalue weighted by molar-refractivity contribution is 5.33. The van der Waals surface area contributed by atoms with Gasteiger partial charge < -0.3 is 15.2 Å². The van der Waals surface area contributed by atoms with Gasteiger partial charge in [-0.3, -0.25) is 0 Å². The minimum absolute atomic E-state index is 0.0454. The molecular formula is C12H16F3N3O2. The molecule has 1 atom stereocenters. The maximum Gasteiger partial charge on any atom is 0.435 e. The highest BCUT2D eigenvalue weighted by Crippen LogP contribution is 2.32. The molecule has 112 valence electrons. The Morgan fingerprint density at radius 2 is 2.15 bits per heavy atom. The topological polar surface area (TPSA) is 67.3 Å². The number of nitrogens with one attached hydrogen (secondary N) is 1. The fraction of sp³-hybridized carbons (Fsp3) is 0.667. The molecule has 1 fully saturated rings. The van der Waals surface area contributed by atoms with Crippen LogP contribution in [0.25, 0.3) is 0 Å². The van der Waals surface area contributed by atoms with Crippen molar-refractivity contribution in [2.45, 2.75) is 19.0 Å². The van der Waals surface area contributed by atoms with Crippen LogP contribution in [0.4, 0.5) is 19.0 Å². The molecular weight excluding hydrogens is 275 g/mol. The number of rotatable bonds is 5. The normalized spacial score (nSPS) is 23.0. The van der Waals surface area contributed by atoms with Crippen LogP contribution in [0.1, 0.15) is 18.5 Å². The average Bonchev–Trinajstić information content (AvgIpc) is 2.85. The Bertz CT molecular complexity index is 431. The van der Waals surface area contributed by atoms with Crippen LogP contribution in [-0.2, 0) is 10.9 Å². The van der Waals surface area contributed by atoms with Crippen molar-refractivity contribution >= 4 is 5.82 Å². The summed E-state index contributed by atoms with van der Waals surface area (Å²) in [6.07, 6.45) is -3.11. The summed E-state index contributed by atoms with van der Waals surface area (Å²) < 4.78 is 42.4. The number of hydrogen-bond acceptors (Lipinski definition) is 5. The van der Waals surface area contributed by atoms with Crippen LogP contribution in [0.5, 0.6) is 0 Å². The number of anilines is 1. The number of hydrogen-bond donors (Lipinski definition) is 2. The molecule has 5 nitrogen and oxygen atoms in total. The zero-order chi connectivity index (χ0) is 14.6. The van der Waals surface area contributed by atoms with Gasteiger partial charge in [-0.1, -0.05) is 0 Å². The van der Waals surface area contributed by atoms with E-state index in [4.69, 9.17) is 9.84 Å².